The quantitative estimate of drug-likeness (QED) is 0.561. The Balaban J connectivity index is 1.68. The number of nitrogens with one attached hydrogen (secondary N) is 1. The number of rotatable bonds is 5. The van der Waals surface area contributed by atoms with Crippen LogP contribution in [0.1, 0.15) is 11.1 Å². The predicted molar refractivity (Wildman–Crippen MR) is 92.8 cm³/mol. The van der Waals surface area contributed by atoms with Gasteiger partial charge in [-0.15, -0.1) is 0 Å². The van der Waals surface area contributed by atoms with Gasteiger partial charge >= 0.3 is 0 Å². The number of hydrogen-bond donors (Lipinski definition) is 1. The standard InChI is InChI=1S/C18H17N3O3S/c1-12-8-9-14(10-13(12)2)19-16(22)11-25-17-18(23)24-20-21(17)15-6-4-3-5-7-15/h3-10H,11H2,1-2H3,(H-,19,20,22,23). The first kappa shape index (κ1) is 17.0. The number of carbonyl (C=O) groups excluding carboxylic acids is 1. The largest absolute Gasteiger partial charge is 0.538 e. The highest BCUT2D eigenvalue weighted by atomic mass is 32.2. The Bertz CT molecular complexity index is 894. The minimum Gasteiger partial charge on any atom is -0.538 e. The molecule has 0 radical (unpaired) electrons. The van der Waals surface area contributed by atoms with Gasteiger partial charge in [0.1, 0.15) is 0 Å². The summed E-state index contributed by atoms with van der Waals surface area (Å²) >= 11 is 1.09. The minimum absolute atomic E-state index is 0.0796. The summed E-state index contributed by atoms with van der Waals surface area (Å²) < 4.78 is 6.13. The topological polar surface area (TPSA) is 82.1 Å². The molecule has 0 aliphatic heterocycles. The third kappa shape index (κ3) is 4.00. The second kappa shape index (κ2) is 7.40. The van der Waals surface area contributed by atoms with E-state index in [0.717, 1.165) is 28.6 Å². The summed E-state index contributed by atoms with van der Waals surface area (Å²) in [7, 11) is 0. The fourth-order valence-electron chi connectivity index (χ4n) is 2.24. The molecule has 2 aromatic carbocycles. The van der Waals surface area contributed by atoms with Gasteiger partial charge in [-0.2, -0.15) is 0 Å². The first-order valence-corrected chi connectivity index (χ1v) is 8.67. The Morgan fingerprint density at radius 1 is 1.20 bits per heavy atom. The molecule has 0 aliphatic rings. The second-order valence-electron chi connectivity index (χ2n) is 5.55. The first-order valence-electron chi connectivity index (χ1n) is 7.69. The van der Waals surface area contributed by atoms with E-state index in [1.807, 2.05) is 50.2 Å². The number of aromatic nitrogens is 2. The molecule has 1 aromatic heterocycles. The van der Waals surface area contributed by atoms with Crippen LogP contribution in [0.5, 0.6) is 5.95 Å². The molecule has 3 aromatic rings. The van der Waals surface area contributed by atoms with Gasteiger partial charge < -0.3 is 14.9 Å². The molecule has 0 spiro atoms. The van der Waals surface area contributed by atoms with Crippen LogP contribution in [0.2, 0.25) is 0 Å². The van der Waals surface area contributed by atoms with E-state index >= 15 is 0 Å². The van der Waals surface area contributed by atoms with Gasteiger partial charge in [-0.3, -0.25) is 4.79 Å². The molecule has 1 amide bonds. The van der Waals surface area contributed by atoms with Crippen LogP contribution in [-0.2, 0) is 4.79 Å². The fourth-order valence-corrected chi connectivity index (χ4v) is 3.00. The molecule has 0 fully saturated rings. The Labute approximate surface area is 149 Å². The average molecular weight is 355 g/mol. The highest BCUT2D eigenvalue weighted by molar-refractivity contribution is 7.99. The SMILES string of the molecule is Cc1ccc(NC(=O)CSc2c([O-])on[n+]2-c2ccccc2)cc1C. The highest BCUT2D eigenvalue weighted by Crippen LogP contribution is 2.23. The average Bonchev–Trinajstić information content (AvgIpc) is 2.98. The van der Waals surface area contributed by atoms with Crippen LogP contribution in [0, 0.1) is 13.8 Å². The molecule has 0 saturated carbocycles. The van der Waals surface area contributed by atoms with Crippen molar-refractivity contribution >= 4 is 23.4 Å². The van der Waals surface area contributed by atoms with Crippen molar-refractivity contribution < 1.29 is 19.1 Å². The zero-order valence-electron chi connectivity index (χ0n) is 13.9. The van der Waals surface area contributed by atoms with Gasteiger partial charge in [0.15, 0.2) is 5.95 Å². The molecule has 1 N–H and O–H groups in total. The number of nitrogens with zero attached hydrogens (tertiary/aromatic N) is 2. The van der Waals surface area contributed by atoms with E-state index in [1.165, 1.54) is 4.68 Å². The molecule has 3 rings (SSSR count). The molecule has 25 heavy (non-hydrogen) atoms. The summed E-state index contributed by atoms with van der Waals surface area (Å²) in [6.45, 7) is 4.00. The van der Waals surface area contributed by atoms with Gasteiger partial charge in [0, 0.05) is 17.8 Å². The van der Waals surface area contributed by atoms with Crippen molar-refractivity contribution in [2.75, 3.05) is 11.1 Å². The maximum Gasteiger partial charge on any atom is 0.298 e. The van der Waals surface area contributed by atoms with E-state index < -0.39 is 5.95 Å². The summed E-state index contributed by atoms with van der Waals surface area (Å²) in [6.07, 6.45) is 0. The third-order valence-corrected chi connectivity index (χ3v) is 4.72. The van der Waals surface area contributed by atoms with Gasteiger partial charge in [-0.05, 0) is 53.6 Å². The molecule has 0 aliphatic carbocycles. The van der Waals surface area contributed by atoms with Crippen molar-refractivity contribution in [2.45, 2.75) is 18.9 Å². The maximum absolute atomic E-state index is 12.2. The van der Waals surface area contributed by atoms with Crippen molar-refractivity contribution in [3.63, 3.8) is 0 Å². The van der Waals surface area contributed by atoms with Crippen LogP contribution in [0.25, 0.3) is 5.69 Å². The van der Waals surface area contributed by atoms with Crippen LogP contribution in [0.4, 0.5) is 5.69 Å². The summed E-state index contributed by atoms with van der Waals surface area (Å²) in [4.78, 5) is 12.2. The lowest BCUT2D eigenvalue weighted by Gasteiger charge is -2.07. The first-order chi connectivity index (χ1) is 12.0. The summed E-state index contributed by atoms with van der Waals surface area (Å²) in [5, 5.41) is 18.7. The highest BCUT2D eigenvalue weighted by Gasteiger charge is 2.21. The summed E-state index contributed by atoms with van der Waals surface area (Å²) in [5.74, 6) is -0.683. The Morgan fingerprint density at radius 3 is 2.68 bits per heavy atom. The lowest BCUT2D eigenvalue weighted by molar-refractivity contribution is -0.705. The number of aryl methyl sites for hydroxylation is 2. The van der Waals surface area contributed by atoms with Crippen molar-refractivity contribution in [1.29, 1.82) is 0 Å². The zero-order chi connectivity index (χ0) is 17.8. The van der Waals surface area contributed by atoms with E-state index in [-0.39, 0.29) is 16.7 Å². The van der Waals surface area contributed by atoms with Crippen molar-refractivity contribution in [1.82, 2.24) is 5.27 Å². The van der Waals surface area contributed by atoms with E-state index in [2.05, 4.69) is 10.6 Å². The van der Waals surface area contributed by atoms with Gasteiger partial charge in [-0.1, -0.05) is 24.3 Å². The molecule has 1 heterocycles. The van der Waals surface area contributed by atoms with Crippen molar-refractivity contribution in [2.24, 2.45) is 0 Å². The Kier molecular flexibility index (Phi) is 5.04. The Morgan fingerprint density at radius 2 is 1.96 bits per heavy atom. The molecule has 0 unspecified atom stereocenters. The van der Waals surface area contributed by atoms with Crippen LogP contribution < -0.4 is 15.1 Å². The number of thioether (sulfide) groups is 1. The molecule has 0 atom stereocenters. The van der Waals surface area contributed by atoms with E-state index in [4.69, 9.17) is 4.52 Å². The van der Waals surface area contributed by atoms with Crippen LogP contribution in [-0.4, -0.2) is 16.9 Å². The molecular weight excluding hydrogens is 338 g/mol. The zero-order valence-corrected chi connectivity index (χ0v) is 14.7. The second-order valence-corrected chi connectivity index (χ2v) is 6.51. The van der Waals surface area contributed by atoms with Gasteiger partial charge in [0.25, 0.3) is 5.03 Å². The van der Waals surface area contributed by atoms with Crippen LogP contribution in [0.15, 0.2) is 58.1 Å². The molecule has 0 saturated heterocycles. The third-order valence-electron chi connectivity index (χ3n) is 3.70. The molecular formula is C18H17N3O3S. The van der Waals surface area contributed by atoms with E-state index in [0.29, 0.717) is 5.69 Å². The summed E-state index contributed by atoms with van der Waals surface area (Å²) in [5.41, 5.74) is 3.70. The number of amides is 1. The van der Waals surface area contributed by atoms with Gasteiger partial charge in [-0.25, -0.2) is 0 Å². The van der Waals surface area contributed by atoms with Gasteiger partial charge in [0.2, 0.25) is 11.6 Å². The normalized spacial score (nSPS) is 10.6. The number of anilines is 1. The lowest BCUT2D eigenvalue weighted by Crippen LogP contribution is -2.35. The lowest BCUT2D eigenvalue weighted by atomic mass is 10.1. The van der Waals surface area contributed by atoms with E-state index in [9.17, 15) is 9.90 Å². The monoisotopic (exact) mass is 355 g/mol. The fraction of sp³-hybridized carbons (Fsp3) is 0.167. The van der Waals surface area contributed by atoms with Crippen molar-refractivity contribution in [3.8, 4) is 11.6 Å². The number of hydrogen-bond acceptors (Lipinski definition) is 5. The van der Waals surface area contributed by atoms with Crippen LogP contribution in [0.3, 0.4) is 0 Å². The smallest absolute Gasteiger partial charge is 0.298 e. The molecule has 6 nitrogen and oxygen atoms in total. The van der Waals surface area contributed by atoms with Gasteiger partial charge in [0.05, 0.1) is 11.0 Å². The predicted octanol–water partition coefficient (Wildman–Crippen LogP) is 2.37. The number of para-hydroxylation sites is 1. The number of benzene rings is 2. The van der Waals surface area contributed by atoms with Crippen molar-refractivity contribution in [3.05, 3.63) is 59.7 Å². The maximum atomic E-state index is 12.2. The minimum atomic E-state index is -0.562. The summed E-state index contributed by atoms with van der Waals surface area (Å²) in [6, 6.07) is 14.9. The van der Waals surface area contributed by atoms with E-state index in [1.54, 1.807) is 12.1 Å². The van der Waals surface area contributed by atoms with Crippen LogP contribution >= 0.6 is 11.8 Å². The molecule has 7 heteroatoms. The Hall–Kier alpha value is -2.80. The number of carbonyl (C=O) groups is 1. The molecule has 128 valence electrons. The molecule has 0 bridgehead atoms.